The minimum absolute atomic E-state index is 0.123. The molecule has 6 nitrogen and oxygen atoms in total. The minimum atomic E-state index is -3.53. The van der Waals surface area contributed by atoms with Crippen molar-refractivity contribution in [2.45, 2.75) is 11.0 Å². The number of hydrogen-bond acceptors (Lipinski definition) is 5. The maximum Gasteiger partial charge on any atom is 0.243 e. The van der Waals surface area contributed by atoms with Gasteiger partial charge in [-0.2, -0.15) is 4.31 Å². The number of benzene rings is 1. The lowest BCUT2D eigenvalue weighted by Gasteiger charge is -2.26. The highest BCUT2D eigenvalue weighted by atomic mass is 35.5. The molecule has 1 aromatic carbocycles. The van der Waals surface area contributed by atoms with Crippen LogP contribution >= 0.6 is 11.6 Å². The molecule has 0 amide bonds. The summed E-state index contributed by atoms with van der Waals surface area (Å²) >= 11 is 6.10. The fourth-order valence-corrected chi connectivity index (χ4v) is 3.78. The molecule has 0 radical (unpaired) electrons. The molecule has 8 heteroatoms. The van der Waals surface area contributed by atoms with Gasteiger partial charge in [-0.1, -0.05) is 11.6 Å². The molecule has 1 atom stereocenters. The van der Waals surface area contributed by atoms with Crippen LogP contribution in [0.3, 0.4) is 0 Å². The summed E-state index contributed by atoms with van der Waals surface area (Å²) in [6, 6.07) is 4.52. The normalized spacial score (nSPS) is 23.0. The molecule has 3 rings (SSSR count). The predicted molar refractivity (Wildman–Crippen MR) is 76.3 cm³/mol. The van der Waals surface area contributed by atoms with Crippen molar-refractivity contribution in [3.63, 3.8) is 0 Å². The molecule has 0 N–H and O–H groups in total. The smallest absolute Gasteiger partial charge is 0.243 e. The molecule has 0 bridgehead atoms. The van der Waals surface area contributed by atoms with Crippen LogP contribution in [0, 0.1) is 0 Å². The van der Waals surface area contributed by atoms with Crippen molar-refractivity contribution < 1.29 is 22.6 Å². The third-order valence-electron chi connectivity index (χ3n) is 3.34. The lowest BCUT2D eigenvalue weighted by atomic mass is 10.3. The van der Waals surface area contributed by atoms with Gasteiger partial charge in [-0.25, -0.2) is 8.42 Å². The van der Waals surface area contributed by atoms with Crippen LogP contribution in [0.15, 0.2) is 23.1 Å². The van der Waals surface area contributed by atoms with Gasteiger partial charge < -0.3 is 14.2 Å². The first-order valence-corrected chi connectivity index (χ1v) is 8.51. The van der Waals surface area contributed by atoms with Crippen molar-refractivity contribution in [2.24, 2.45) is 0 Å². The Morgan fingerprint density at radius 2 is 2.05 bits per heavy atom. The van der Waals surface area contributed by atoms with Crippen LogP contribution < -0.4 is 4.74 Å². The van der Waals surface area contributed by atoms with E-state index in [9.17, 15) is 8.42 Å². The third-order valence-corrected chi connectivity index (χ3v) is 5.53. The molecule has 2 fully saturated rings. The van der Waals surface area contributed by atoms with Gasteiger partial charge in [-0.15, -0.1) is 0 Å². The van der Waals surface area contributed by atoms with E-state index in [1.807, 2.05) is 0 Å². The fraction of sp³-hybridized carbons (Fsp3) is 0.538. The van der Waals surface area contributed by atoms with Crippen LogP contribution in [0.25, 0.3) is 0 Å². The van der Waals surface area contributed by atoms with Crippen molar-refractivity contribution >= 4 is 21.6 Å². The molecule has 2 heterocycles. The van der Waals surface area contributed by atoms with E-state index < -0.39 is 10.0 Å². The van der Waals surface area contributed by atoms with E-state index in [4.69, 9.17) is 25.8 Å². The molecule has 1 unspecified atom stereocenters. The average Bonchev–Trinajstić information content (AvgIpc) is 3.31. The number of sulfonamides is 1. The van der Waals surface area contributed by atoms with Crippen LogP contribution in [0.5, 0.6) is 5.75 Å². The van der Waals surface area contributed by atoms with Gasteiger partial charge in [-0.3, -0.25) is 0 Å². The minimum Gasteiger partial charge on any atom is -0.489 e. The second kappa shape index (κ2) is 6.10. The zero-order valence-corrected chi connectivity index (χ0v) is 12.9. The molecule has 2 saturated heterocycles. The maximum atomic E-state index is 12.5. The van der Waals surface area contributed by atoms with Crippen LogP contribution in [-0.2, 0) is 19.5 Å². The number of nitrogens with zero attached hydrogens (tertiary/aromatic N) is 1. The Kier molecular flexibility index (Phi) is 4.37. The Hall–Kier alpha value is -0.860. The van der Waals surface area contributed by atoms with Crippen molar-refractivity contribution in [3.05, 3.63) is 23.2 Å². The number of halogens is 1. The van der Waals surface area contributed by atoms with Gasteiger partial charge in [0.05, 0.1) is 29.7 Å². The van der Waals surface area contributed by atoms with Gasteiger partial charge in [0.1, 0.15) is 18.5 Å². The zero-order chi connectivity index (χ0) is 14.9. The largest absolute Gasteiger partial charge is 0.489 e. The average molecular weight is 334 g/mol. The Morgan fingerprint density at radius 3 is 2.67 bits per heavy atom. The molecule has 0 saturated carbocycles. The Bertz CT molecular complexity index is 611. The highest BCUT2D eigenvalue weighted by molar-refractivity contribution is 7.89. The Labute approximate surface area is 128 Å². The Morgan fingerprint density at radius 1 is 1.33 bits per heavy atom. The summed E-state index contributed by atoms with van der Waals surface area (Å²) in [4.78, 5) is 0.171. The SMILES string of the molecule is O=S(=O)(c1ccc(OCC2CO2)c(Cl)c1)N1CCOCC1. The first-order valence-electron chi connectivity index (χ1n) is 6.69. The summed E-state index contributed by atoms with van der Waals surface area (Å²) in [6.45, 7) is 2.66. The van der Waals surface area contributed by atoms with Crippen LogP contribution in [0.2, 0.25) is 5.02 Å². The summed E-state index contributed by atoms with van der Waals surface area (Å²) < 4.78 is 42.1. The Balaban J connectivity index is 1.76. The van der Waals surface area contributed by atoms with E-state index in [2.05, 4.69) is 0 Å². The second-order valence-corrected chi connectivity index (χ2v) is 7.22. The van der Waals surface area contributed by atoms with Gasteiger partial charge >= 0.3 is 0 Å². The molecule has 0 spiro atoms. The van der Waals surface area contributed by atoms with E-state index >= 15 is 0 Å². The van der Waals surface area contributed by atoms with Crippen molar-refractivity contribution in [1.82, 2.24) is 4.31 Å². The zero-order valence-electron chi connectivity index (χ0n) is 11.3. The monoisotopic (exact) mass is 333 g/mol. The quantitative estimate of drug-likeness (QED) is 0.756. The van der Waals surface area contributed by atoms with E-state index in [0.29, 0.717) is 45.3 Å². The lowest BCUT2D eigenvalue weighted by molar-refractivity contribution is 0.0730. The van der Waals surface area contributed by atoms with Crippen LogP contribution in [-0.4, -0.2) is 58.3 Å². The predicted octanol–water partition coefficient (Wildman–Crippen LogP) is 1.14. The third kappa shape index (κ3) is 3.49. The van der Waals surface area contributed by atoms with Crippen LogP contribution in [0.4, 0.5) is 0 Å². The molecule has 0 aliphatic carbocycles. The van der Waals surface area contributed by atoms with E-state index in [1.165, 1.54) is 16.4 Å². The number of rotatable bonds is 5. The summed E-state index contributed by atoms with van der Waals surface area (Å²) in [5, 5.41) is 0.282. The summed E-state index contributed by atoms with van der Waals surface area (Å²) in [6.07, 6.45) is 0.123. The second-order valence-electron chi connectivity index (χ2n) is 4.88. The molecule has 116 valence electrons. The van der Waals surface area contributed by atoms with Gasteiger partial charge in [-0.05, 0) is 18.2 Å². The van der Waals surface area contributed by atoms with Crippen molar-refractivity contribution in [1.29, 1.82) is 0 Å². The highest BCUT2D eigenvalue weighted by Crippen LogP contribution is 2.29. The number of hydrogen-bond donors (Lipinski definition) is 0. The number of epoxide rings is 1. The van der Waals surface area contributed by atoms with E-state index in [1.54, 1.807) is 6.07 Å². The topological polar surface area (TPSA) is 68.4 Å². The number of morpholine rings is 1. The summed E-state index contributed by atoms with van der Waals surface area (Å²) in [5.74, 6) is 0.466. The first kappa shape index (κ1) is 15.1. The first-order chi connectivity index (χ1) is 10.1. The molecular weight excluding hydrogens is 318 g/mol. The molecule has 2 aliphatic rings. The molecular formula is C13H16ClNO5S. The summed E-state index contributed by atoms with van der Waals surface area (Å²) in [5.41, 5.74) is 0. The van der Waals surface area contributed by atoms with Gasteiger partial charge in [0.2, 0.25) is 10.0 Å². The molecule has 2 aliphatic heterocycles. The van der Waals surface area contributed by atoms with Gasteiger partial charge in [0, 0.05) is 13.1 Å². The lowest BCUT2D eigenvalue weighted by Crippen LogP contribution is -2.40. The van der Waals surface area contributed by atoms with Crippen molar-refractivity contribution in [2.75, 3.05) is 39.5 Å². The molecule has 1 aromatic rings. The standard InChI is InChI=1S/C13H16ClNO5S/c14-12-7-11(1-2-13(12)20-9-10-8-19-10)21(16,17)15-3-5-18-6-4-15/h1-2,7,10H,3-6,8-9H2. The fourth-order valence-electron chi connectivity index (χ4n) is 2.04. The molecule has 21 heavy (non-hydrogen) atoms. The van der Waals surface area contributed by atoms with Gasteiger partial charge in [0.25, 0.3) is 0 Å². The van der Waals surface area contributed by atoms with E-state index in [-0.39, 0.29) is 16.0 Å². The molecule has 0 aromatic heterocycles. The number of ether oxygens (including phenoxy) is 3. The maximum absolute atomic E-state index is 12.5. The van der Waals surface area contributed by atoms with E-state index in [0.717, 1.165) is 0 Å². The highest BCUT2D eigenvalue weighted by Gasteiger charge is 2.27. The van der Waals surface area contributed by atoms with Gasteiger partial charge in [0.15, 0.2) is 0 Å². The van der Waals surface area contributed by atoms with Crippen LogP contribution in [0.1, 0.15) is 0 Å². The van der Waals surface area contributed by atoms with Crippen molar-refractivity contribution in [3.8, 4) is 5.75 Å². The summed E-state index contributed by atoms with van der Waals surface area (Å²) in [7, 11) is -3.53.